The van der Waals surface area contributed by atoms with E-state index in [4.69, 9.17) is 4.74 Å². The highest BCUT2D eigenvalue weighted by molar-refractivity contribution is 5.95. The summed E-state index contributed by atoms with van der Waals surface area (Å²) in [5, 5.41) is 3.13. The molecule has 5 rings (SSSR count). The van der Waals surface area contributed by atoms with Crippen molar-refractivity contribution in [3.63, 3.8) is 0 Å². The van der Waals surface area contributed by atoms with Gasteiger partial charge >= 0.3 is 0 Å². The number of carbonyl (C=O) groups excluding carboxylic acids is 2. The van der Waals surface area contributed by atoms with Gasteiger partial charge in [0, 0.05) is 38.7 Å². The number of piperidine rings is 1. The molecule has 1 fully saturated rings. The zero-order valence-electron chi connectivity index (χ0n) is 22.7. The van der Waals surface area contributed by atoms with Gasteiger partial charge in [-0.15, -0.1) is 0 Å². The van der Waals surface area contributed by atoms with Crippen LogP contribution in [-0.2, 0) is 16.8 Å². The minimum absolute atomic E-state index is 0.0165. The summed E-state index contributed by atoms with van der Waals surface area (Å²) in [5.74, 6) is 0.279. The highest BCUT2D eigenvalue weighted by Crippen LogP contribution is 2.36. The largest absolute Gasteiger partial charge is 0.497 e. The Bertz CT molecular complexity index is 1340. The lowest BCUT2D eigenvalue weighted by molar-refractivity contribution is -0.121. The third kappa shape index (κ3) is 5.83. The molecule has 7 heteroatoms. The van der Waals surface area contributed by atoms with E-state index in [-0.39, 0.29) is 23.7 Å². The number of fused-ring (bicyclic) bond motifs is 1. The molecule has 6 nitrogen and oxygen atoms in total. The molecule has 1 saturated heterocycles. The Morgan fingerprint density at radius 3 is 2.51 bits per heavy atom. The minimum Gasteiger partial charge on any atom is -0.497 e. The number of nitrogens with one attached hydrogen (secondary N) is 1. The average molecular weight is 530 g/mol. The van der Waals surface area contributed by atoms with Gasteiger partial charge in [0.1, 0.15) is 11.6 Å². The molecule has 3 aromatic rings. The smallest absolute Gasteiger partial charge is 0.254 e. The quantitative estimate of drug-likeness (QED) is 0.463. The first-order valence-electron chi connectivity index (χ1n) is 13.7. The third-order valence-electron chi connectivity index (χ3n) is 8.21. The Balaban J connectivity index is 1.32. The summed E-state index contributed by atoms with van der Waals surface area (Å²) in [6, 6.07) is 22.3. The van der Waals surface area contributed by atoms with Gasteiger partial charge in [0.05, 0.1) is 18.7 Å². The van der Waals surface area contributed by atoms with E-state index >= 15 is 0 Å². The second-order valence-electron chi connectivity index (χ2n) is 10.6. The number of rotatable bonds is 7. The lowest BCUT2D eigenvalue weighted by Crippen LogP contribution is -2.53. The molecule has 2 amide bonds. The summed E-state index contributed by atoms with van der Waals surface area (Å²) in [6.45, 7) is 4.55. The SMILES string of the molecule is COc1cccc(C(=O)N2CCc3ccccc3C2CCN2CCC(NC(C)=O)(c3cccc(F)c3)CC2)c1. The van der Waals surface area contributed by atoms with Crippen LogP contribution in [-0.4, -0.2) is 54.9 Å². The fourth-order valence-electron chi connectivity index (χ4n) is 6.20. The molecule has 2 aliphatic rings. The molecule has 1 atom stereocenters. The number of likely N-dealkylation sites (tertiary alicyclic amines) is 1. The second kappa shape index (κ2) is 11.6. The van der Waals surface area contributed by atoms with E-state index in [0.29, 0.717) is 30.7 Å². The Hall–Kier alpha value is -3.71. The topological polar surface area (TPSA) is 61.9 Å². The zero-order chi connectivity index (χ0) is 27.4. The van der Waals surface area contributed by atoms with Crippen LogP contribution in [0.15, 0.2) is 72.8 Å². The van der Waals surface area contributed by atoms with Crippen LogP contribution in [0.25, 0.3) is 0 Å². The van der Waals surface area contributed by atoms with Crippen molar-refractivity contribution in [3.8, 4) is 5.75 Å². The van der Waals surface area contributed by atoms with Crippen molar-refractivity contribution >= 4 is 11.8 Å². The number of carbonyl (C=O) groups is 2. The first-order valence-corrected chi connectivity index (χ1v) is 13.7. The van der Waals surface area contributed by atoms with Crippen LogP contribution in [0.4, 0.5) is 4.39 Å². The van der Waals surface area contributed by atoms with E-state index in [2.05, 4.69) is 28.4 Å². The molecule has 3 aromatic carbocycles. The molecule has 1 unspecified atom stereocenters. The van der Waals surface area contributed by atoms with Crippen LogP contribution in [0.2, 0.25) is 0 Å². The molecule has 204 valence electrons. The van der Waals surface area contributed by atoms with E-state index in [1.165, 1.54) is 30.2 Å². The average Bonchev–Trinajstić information content (AvgIpc) is 2.96. The van der Waals surface area contributed by atoms with Gasteiger partial charge < -0.3 is 19.9 Å². The number of amides is 2. The summed E-state index contributed by atoms with van der Waals surface area (Å²) in [6.07, 6.45) is 3.03. The van der Waals surface area contributed by atoms with Crippen molar-refractivity contribution in [2.24, 2.45) is 0 Å². The Morgan fingerprint density at radius 2 is 1.77 bits per heavy atom. The molecule has 0 bridgehead atoms. The monoisotopic (exact) mass is 529 g/mol. The summed E-state index contributed by atoms with van der Waals surface area (Å²) in [5.41, 5.74) is 3.38. The van der Waals surface area contributed by atoms with E-state index in [1.54, 1.807) is 19.2 Å². The lowest BCUT2D eigenvalue weighted by Gasteiger charge is -2.44. The van der Waals surface area contributed by atoms with Gasteiger partial charge in [0.25, 0.3) is 5.91 Å². The lowest BCUT2D eigenvalue weighted by atomic mass is 9.80. The van der Waals surface area contributed by atoms with Crippen molar-refractivity contribution in [2.45, 2.75) is 44.2 Å². The molecule has 1 N–H and O–H groups in total. The van der Waals surface area contributed by atoms with Crippen LogP contribution >= 0.6 is 0 Å². The standard InChI is InChI=1S/C32H36FN3O3/c1-23(37)34-32(26-9-6-10-27(33)22-26)15-19-35(20-16-32)17-14-30-29-12-4-3-7-24(29)13-18-36(30)31(38)25-8-5-11-28(21-25)39-2/h3-12,21-22,30H,13-20H2,1-2H3,(H,34,37). The summed E-state index contributed by atoms with van der Waals surface area (Å²) >= 11 is 0. The van der Waals surface area contributed by atoms with Crippen LogP contribution < -0.4 is 10.1 Å². The van der Waals surface area contributed by atoms with Crippen molar-refractivity contribution < 1.29 is 18.7 Å². The number of halogens is 1. The van der Waals surface area contributed by atoms with Crippen molar-refractivity contribution in [1.29, 1.82) is 0 Å². The fraction of sp³-hybridized carbons (Fsp3) is 0.375. The van der Waals surface area contributed by atoms with Gasteiger partial charge in [-0.05, 0) is 72.7 Å². The molecular formula is C32H36FN3O3. The van der Waals surface area contributed by atoms with Gasteiger partial charge in [-0.2, -0.15) is 0 Å². The maximum Gasteiger partial charge on any atom is 0.254 e. The van der Waals surface area contributed by atoms with E-state index in [1.807, 2.05) is 35.2 Å². The number of hydrogen-bond donors (Lipinski definition) is 1. The molecule has 0 radical (unpaired) electrons. The maximum absolute atomic E-state index is 14.1. The van der Waals surface area contributed by atoms with E-state index in [9.17, 15) is 14.0 Å². The van der Waals surface area contributed by atoms with Gasteiger partial charge in [0.15, 0.2) is 0 Å². The zero-order valence-corrected chi connectivity index (χ0v) is 22.7. The molecule has 2 aliphatic heterocycles. The van der Waals surface area contributed by atoms with Gasteiger partial charge in [-0.3, -0.25) is 9.59 Å². The first-order chi connectivity index (χ1) is 18.9. The second-order valence-corrected chi connectivity index (χ2v) is 10.6. The van der Waals surface area contributed by atoms with Gasteiger partial charge in [0.2, 0.25) is 5.91 Å². The van der Waals surface area contributed by atoms with Gasteiger partial charge in [-0.25, -0.2) is 4.39 Å². The Morgan fingerprint density at radius 1 is 1.00 bits per heavy atom. The summed E-state index contributed by atoms with van der Waals surface area (Å²) in [4.78, 5) is 30.2. The molecule has 0 aliphatic carbocycles. The number of benzene rings is 3. The van der Waals surface area contributed by atoms with Crippen LogP contribution in [0.3, 0.4) is 0 Å². The number of methoxy groups -OCH3 is 1. The van der Waals surface area contributed by atoms with Crippen LogP contribution in [0, 0.1) is 5.82 Å². The maximum atomic E-state index is 14.1. The molecule has 0 spiro atoms. The number of nitrogens with zero attached hydrogens (tertiary/aromatic N) is 2. The van der Waals surface area contributed by atoms with Crippen molar-refractivity contribution in [2.75, 3.05) is 33.3 Å². The predicted octanol–water partition coefficient (Wildman–Crippen LogP) is 5.09. The highest BCUT2D eigenvalue weighted by Gasteiger charge is 2.38. The van der Waals surface area contributed by atoms with E-state index < -0.39 is 5.54 Å². The normalized spacial score (nSPS) is 18.7. The summed E-state index contributed by atoms with van der Waals surface area (Å²) < 4.78 is 19.4. The minimum atomic E-state index is -0.573. The molecule has 39 heavy (non-hydrogen) atoms. The third-order valence-corrected chi connectivity index (χ3v) is 8.21. The van der Waals surface area contributed by atoms with E-state index in [0.717, 1.165) is 38.0 Å². The molecular weight excluding hydrogens is 493 g/mol. The van der Waals surface area contributed by atoms with Gasteiger partial charge in [-0.1, -0.05) is 42.5 Å². The van der Waals surface area contributed by atoms with Crippen LogP contribution in [0.5, 0.6) is 5.75 Å². The molecule has 2 heterocycles. The Labute approximate surface area is 229 Å². The fourth-order valence-corrected chi connectivity index (χ4v) is 6.20. The highest BCUT2D eigenvalue weighted by atomic mass is 19.1. The number of hydrogen-bond acceptors (Lipinski definition) is 4. The summed E-state index contributed by atoms with van der Waals surface area (Å²) in [7, 11) is 1.61. The van der Waals surface area contributed by atoms with Crippen molar-refractivity contribution in [1.82, 2.24) is 15.1 Å². The number of ether oxygens (including phenoxy) is 1. The van der Waals surface area contributed by atoms with Crippen LogP contribution in [0.1, 0.15) is 59.3 Å². The van der Waals surface area contributed by atoms with Crippen molar-refractivity contribution in [3.05, 3.63) is 101 Å². The first kappa shape index (κ1) is 26.9. The molecule has 0 saturated carbocycles. The molecule has 0 aromatic heterocycles. The predicted molar refractivity (Wildman–Crippen MR) is 149 cm³/mol. The Kier molecular flexibility index (Phi) is 7.98.